The Morgan fingerprint density at radius 1 is 1.56 bits per heavy atom. The topological polar surface area (TPSA) is 32.3 Å². The van der Waals surface area contributed by atoms with Gasteiger partial charge in [-0.25, -0.2) is 0 Å². The molecule has 0 aromatic heterocycles. The van der Waals surface area contributed by atoms with Gasteiger partial charge in [-0.05, 0) is 38.1 Å². The first-order chi connectivity index (χ1) is 8.66. The Morgan fingerprint density at radius 2 is 2.39 bits per heavy atom. The summed E-state index contributed by atoms with van der Waals surface area (Å²) in [5, 5.41) is 3.82. The molecule has 0 saturated carbocycles. The molecule has 1 N–H and O–H groups in total. The van der Waals surface area contributed by atoms with Crippen molar-refractivity contribution in [3.05, 3.63) is 34.9 Å². The molecular formula is C14H19ClN2O. The van der Waals surface area contributed by atoms with Gasteiger partial charge in [-0.3, -0.25) is 9.69 Å². The maximum Gasteiger partial charge on any atom is 0.237 e. The highest BCUT2D eigenvalue weighted by Gasteiger charge is 2.27. The Morgan fingerprint density at radius 3 is 3.11 bits per heavy atom. The molecule has 18 heavy (non-hydrogen) atoms. The molecule has 1 aliphatic heterocycles. The average molecular weight is 267 g/mol. The fraction of sp³-hybridized carbons (Fsp3) is 0.500. The van der Waals surface area contributed by atoms with Gasteiger partial charge in [0.2, 0.25) is 5.91 Å². The quantitative estimate of drug-likeness (QED) is 0.849. The molecule has 2 rings (SSSR count). The van der Waals surface area contributed by atoms with Gasteiger partial charge in [-0.2, -0.15) is 0 Å². The SMILES string of the molecule is CN1CCCC1C(=O)NCC1=CC=C(Cl)CC=C1. The van der Waals surface area contributed by atoms with Crippen molar-refractivity contribution in [2.45, 2.75) is 25.3 Å². The van der Waals surface area contributed by atoms with Crippen LogP contribution in [0.5, 0.6) is 0 Å². The molecule has 98 valence electrons. The smallest absolute Gasteiger partial charge is 0.237 e. The van der Waals surface area contributed by atoms with Crippen LogP contribution in [0.3, 0.4) is 0 Å². The zero-order valence-corrected chi connectivity index (χ0v) is 11.4. The molecular weight excluding hydrogens is 248 g/mol. The molecule has 0 spiro atoms. The number of carbonyl (C=O) groups is 1. The van der Waals surface area contributed by atoms with Gasteiger partial charge in [0.1, 0.15) is 0 Å². The molecule has 1 aliphatic carbocycles. The normalized spacial score (nSPS) is 24.4. The minimum Gasteiger partial charge on any atom is -0.351 e. The number of halogens is 1. The Bertz CT molecular complexity index is 412. The number of rotatable bonds is 3. The molecule has 1 heterocycles. The van der Waals surface area contributed by atoms with Crippen LogP contribution in [0.1, 0.15) is 19.3 Å². The fourth-order valence-electron chi connectivity index (χ4n) is 2.31. The molecule has 4 heteroatoms. The number of amides is 1. The van der Waals surface area contributed by atoms with Crippen LogP contribution in [-0.2, 0) is 4.79 Å². The van der Waals surface area contributed by atoms with Crippen LogP contribution in [0, 0.1) is 0 Å². The summed E-state index contributed by atoms with van der Waals surface area (Å²) in [7, 11) is 2.00. The van der Waals surface area contributed by atoms with Gasteiger partial charge < -0.3 is 5.32 Å². The van der Waals surface area contributed by atoms with E-state index in [-0.39, 0.29) is 11.9 Å². The van der Waals surface area contributed by atoms with Crippen molar-refractivity contribution in [2.75, 3.05) is 20.1 Å². The number of hydrogen-bond acceptors (Lipinski definition) is 2. The van der Waals surface area contributed by atoms with Crippen molar-refractivity contribution in [3.63, 3.8) is 0 Å². The largest absolute Gasteiger partial charge is 0.351 e. The molecule has 0 radical (unpaired) electrons. The summed E-state index contributed by atoms with van der Waals surface area (Å²) in [5.41, 5.74) is 1.08. The van der Waals surface area contributed by atoms with E-state index in [9.17, 15) is 4.79 Å². The van der Waals surface area contributed by atoms with Crippen LogP contribution in [0.25, 0.3) is 0 Å². The minimum absolute atomic E-state index is 0.0412. The molecule has 0 aromatic rings. The molecule has 0 aromatic carbocycles. The molecule has 1 atom stereocenters. The van der Waals surface area contributed by atoms with E-state index >= 15 is 0 Å². The van der Waals surface area contributed by atoms with Crippen molar-refractivity contribution < 1.29 is 4.79 Å². The molecule has 3 nitrogen and oxygen atoms in total. The third-order valence-electron chi connectivity index (χ3n) is 3.41. The lowest BCUT2D eigenvalue weighted by molar-refractivity contribution is -0.124. The first-order valence-corrected chi connectivity index (χ1v) is 6.74. The number of likely N-dealkylation sites (tertiary alicyclic amines) is 1. The summed E-state index contributed by atoms with van der Waals surface area (Å²) in [6, 6.07) is 0.0412. The summed E-state index contributed by atoms with van der Waals surface area (Å²) < 4.78 is 0. The van der Waals surface area contributed by atoms with Crippen molar-refractivity contribution in [1.82, 2.24) is 10.2 Å². The van der Waals surface area contributed by atoms with E-state index in [4.69, 9.17) is 11.6 Å². The number of likely N-dealkylation sites (N-methyl/N-ethyl adjacent to an activating group) is 1. The number of hydrogen-bond donors (Lipinski definition) is 1. The van der Waals surface area contributed by atoms with Crippen molar-refractivity contribution in [2.24, 2.45) is 0 Å². The molecule has 1 fully saturated rings. The van der Waals surface area contributed by atoms with Gasteiger partial charge in [-0.15, -0.1) is 0 Å². The number of nitrogens with one attached hydrogen (secondary N) is 1. The van der Waals surface area contributed by atoms with E-state index in [0.717, 1.165) is 36.4 Å². The second-order valence-electron chi connectivity index (χ2n) is 4.82. The van der Waals surface area contributed by atoms with Crippen LogP contribution >= 0.6 is 11.6 Å². The maximum absolute atomic E-state index is 12.0. The van der Waals surface area contributed by atoms with E-state index in [1.165, 1.54) is 0 Å². The van der Waals surface area contributed by atoms with Gasteiger partial charge in [0.05, 0.1) is 6.04 Å². The third kappa shape index (κ3) is 3.47. The Kier molecular flexibility index (Phi) is 4.61. The summed E-state index contributed by atoms with van der Waals surface area (Å²) in [6.45, 7) is 1.58. The Balaban J connectivity index is 1.86. The van der Waals surface area contributed by atoms with Crippen LogP contribution in [0.2, 0.25) is 0 Å². The highest BCUT2D eigenvalue weighted by atomic mass is 35.5. The van der Waals surface area contributed by atoms with Gasteiger partial charge in [0.25, 0.3) is 0 Å². The Hall–Kier alpha value is -1.06. The molecule has 1 saturated heterocycles. The third-order valence-corrected chi connectivity index (χ3v) is 3.69. The predicted octanol–water partition coefficient (Wildman–Crippen LogP) is 2.21. The maximum atomic E-state index is 12.0. The lowest BCUT2D eigenvalue weighted by atomic mass is 10.2. The second-order valence-corrected chi connectivity index (χ2v) is 5.30. The summed E-state index contributed by atoms with van der Waals surface area (Å²) in [5.74, 6) is 0.128. The van der Waals surface area contributed by atoms with Gasteiger partial charge >= 0.3 is 0 Å². The van der Waals surface area contributed by atoms with Crippen molar-refractivity contribution in [3.8, 4) is 0 Å². The van der Waals surface area contributed by atoms with E-state index in [1.807, 2.05) is 31.4 Å². The summed E-state index contributed by atoms with van der Waals surface area (Å²) in [6.07, 6.45) is 10.7. The number of allylic oxidation sites excluding steroid dienone is 4. The number of nitrogens with zero attached hydrogens (tertiary/aromatic N) is 1. The number of carbonyl (C=O) groups excluding carboxylic acids is 1. The lowest BCUT2D eigenvalue weighted by Crippen LogP contribution is -2.41. The molecule has 1 unspecified atom stereocenters. The van der Waals surface area contributed by atoms with Crippen molar-refractivity contribution >= 4 is 17.5 Å². The molecule has 1 amide bonds. The van der Waals surface area contributed by atoms with Crippen LogP contribution in [-0.4, -0.2) is 37.0 Å². The summed E-state index contributed by atoms with van der Waals surface area (Å²) in [4.78, 5) is 14.1. The highest BCUT2D eigenvalue weighted by molar-refractivity contribution is 6.29. The van der Waals surface area contributed by atoms with Gasteiger partial charge in [0.15, 0.2) is 0 Å². The molecule has 0 bridgehead atoms. The highest BCUT2D eigenvalue weighted by Crippen LogP contribution is 2.16. The van der Waals surface area contributed by atoms with Crippen LogP contribution in [0.15, 0.2) is 34.9 Å². The van der Waals surface area contributed by atoms with E-state index in [1.54, 1.807) is 0 Å². The average Bonchev–Trinajstić information content (AvgIpc) is 2.66. The zero-order valence-electron chi connectivity index (χ0n) is 10.7. The summed E-state index contributed by atoms with van der Waals surface area (Å²) >= 11 is 5.94. The molecule has 2 aliphatic rings. The first-order valence-electron chi connectivity index (χ1n) is 6.36. The standard InChI is InChI=1S/C14H19ClN2O/c1-17-9-3-6-13(17)14(18)16-10-11-4-2-5-12(15)8-7-11/h2,4,7-8,13H,3,5-6,9-10H2,1H3,(H,16,18). The monoisotopic (exact) mass is 266 g/mol. The van der Waals surface area contributed by atoms with E-state index < -0.39 is 0 Å². The van der Waals surface area contributed by atoms with E-state index in [2.05, 4.69) is 10.2 Å². The van der Waals surface area contributed by atoms with Crippen LogP contribution in [0.4, 0.5) is 0 Å². The second kappa shape index (κ2) is 6.21. The van der Waals surface area contributed by atoms with E-state index in [0.29, 0.717) is 6.54 Å². The van der Waals surface area contributed by atoms with Crippen molar-refractivity contribution in [1.29, 1.82) is 0 Å². The fourth-order valence-corrected chi connectivity index (χ4v) is 2.46. The van der Waals surface area contributed by atoms with Gasteiger partial charge in [0, 0.05) is 18.0 Å². The zero-order chi connectivity index (χ0) is 13.0. The first kappa shape index (κ1) is 13.4. The predicted molar refractivity (Wildman–Crippen MR) is 74.4 cm³/mol. The minimum atomic E-state index is 0.0412. The Labute approximate surface area is 113 Å². The van der Waals surface area contributed by atoms with Gasteiger partial charge in [-0.1, -0.05) is 29.8 Å². The lowest BCUT2D eigenvalue weighted by Gasteiger charge is -2.18. The van der Waals surface area contributed by atoms with Crippen LogP contribution < -0.4 is 5.32 Å².